The molecule has 0 saturated heterocycles. The van der Waals surface area contributed by atoms with Crippen molar-refractivity contribution in [2.45, 2.75) is 60.4 Å². The Labute approximate surface area is 102 Å². The first-order valence-corrected chi connectivity index (χ1v) is 6.49. The minimum atomic E-state index is 0.355. The van der Waals surface area contributed by atoms with E-state index in [1.807, 2.05) is 6.21 Å². The van der Waals surface area contributed by atoms with Crippen LogP contribution in [0.4, 0.5) is 0 Å². The van der Waals surface area contributed by atoms with Crippen molar-refractivity contribution in [3.05, 3.63) is 12.7 Å². The molecule has 3 atom stereocenters. The molecule has 0 aromatic rings. The molecule has 0 aromatic carbocycles. The van der Waals surface area contributed by atoms with Crippen molar-refractivity contribution in [3.8, 4) is 0 Å². The number of rotatable bonds is 7. The van der Waals surface area contributed by atoms with Gasteiger partial charge in [-0.25, -0.2) is 0 Å². The topological polar surface area (TPSA) is 12.4 Å². The van der Waals surface area contributed by atoms with E-state index in [1.165, 1.54) is 6.42 Å². The van der Waals surface area contributed by atoms with Gasteiger partial charge in [0.05, 0.1) is 0 Å². The van der Waals surface area contributed by atoms with E-state index in [4.69, 9.17) is 0 Å². The molecule has 0 aliphatic rings. The number of hydrogen-bond donors (Lipinski definition) is 0. The van der Waals surface area contributed by atoms with E-state index in [9.17, 15) is 0 Å². The van der Waals surface area contributed by atoms with Crippen molar-refractivity contribution in [3.63, 3.8) is 0 Å². The second kappa shape index (κ2) is 6.88. The SMILES string of the molecule is C=C/C=N\C(C)CC(C)(C)C(C)C(C)CC. The van der Waals surface area contributed by atoms with Gasteiger partial charge in [0, 0.05) is 12.3 Å². The Morgan fingerprint density at radius 3 is 2.25 bits per heavy atom. The summed E-state index contributed by atoms with van der Waals surface area (Å²) in [6.07, 6.45) is 5.97. The second-order valence-electron chi connectivity index (χ2n) is 5.75. The number of nitrogens with zero attached hydrogens (tertiary/aromatic N) is 1. The summed E-state index contributed by atoms with van der Waals surface area (Å²) >= 11 is 0. The van der Waals surface area contributed by atoms with Gasteiger partial charge >= 0.3 is 0 Å². The van der Waals surface area contributed by atoms with Gasteiger partial charge in [0.2, 0.25) is 0 Å². The number of aliphatic imine (C=N–C) groups is 1. The van der Waals surface area contributed by atoms with Crippen LogP contribution < -0.4 is 0 Å². The highest BCUT2D eigenvalue weighted by molar-refractivity contribution is 5.70. The second-order valence-corrected chi connectivity index (χ2v) is 5.75. The highest BCUT2D eigenvalue weighted by Crippen LogP contribution is 2.38. The lowest BCUT2D eigenvalue weighted by atomic mass is 9.69. The van der Waals surface area contributed by atoms with Crippen molar-refractivity contribution in [2.75, 3.05) is 0 Å². The van der Waals surface area contributed by atoms with Gasteiger partial charge in [0.15, 0.2) is 0 Å². The van der Waals surface area contributed by atoms with Crippen molar-refractivity contribution in [1.29, 1.82) is 0 Å². The maximum atomic E-state index is 4.45. The summed E-state index contributed by atoms with van der Waals surface area (Å²) in [6.45, 7) is 17.6. The van der Waals surface area contributed by atoms with Crippen LogP contribution in [0.5, 0.6) is 0 Å². The average Bonchev–Trinajstić information content (AvgIpc) is 2.23. The van der Waals surface area contributed by atoms with Crippen LogP contribution in [0.25, 0.3) is 0 Å². The largest absolute Gasteiger partial charge is 0.290 e. The van der Waals surface area contributed by atoms with E-state index < -0.39 is 0 Å². The Bertz CT molecular complexity index is 228. The Kier molecular flexibility index (Phi) is 6.62. The highest BCUT2D eigenvalue weighted by Gasteiger charge is 2.30. The third-order valence-electron chi connectivity index (χ3n) is 4.00. The normalized spacial score (nSPS) is 18.4. The van der Waals surface area contributed by atoms with Crippen LogP contribution >= 0.6 is 0 Å². The molecule has 3 unspecified atom stereocenters. The molecule has 1 nitrogen and oxygen atoms in total. The molecular formula is C15H29N. The summed E-state index contributed by atoms with van der Waals surface area (Å²) in [6, 6.07) is 0.388. The maximum absolute atomic E-state index is 4.45. The molecular weight excluding hydrogens is 194 g/mol. The molecule has 94 valence electrons. The minimum absolute atomic E-state index is 0.355. The zero-order valence-electron chi connectivity index (χ0n) is 12.0. The summed E-state index contributed by atoms with van der Waals surface area (Å²) in [5.74, 6) is 1.52. The van der Waals surface area contributed by atoms with Crippen LogP contribution in [-0.4, -0.2) is 12.3 Å². The molecule has 0 radical (unpaired) electrons. The Balaban J connectivity index is 4.42. The fourth-order valence-corrected chi connectivity index (χ4v) is 2.33. The van der Waals surface area contributed by atoms with E-state index in [0.29, 0.717) is 11.5 Å². The standard InChI is InChI=1S/C15H29N/c1-8-10-16-13(4)11-15(6,7)14(5)12(3)9-2/h8,10,12-14H,1,9,11H2,2-7H3/b16-10-. The van der Waals surface area contributed by atoms with E-state index in [2.05, 4.69) is 53.1 Å². The Morgan fingerprint density at radius 1 is 1.25 bits per heavy atom. The first-order chi connectivity index (χ1) is 7.35. The van der Waals surface area contributed by atoms with Gasteiger partial charge in [-0.2, -0.15) is 0 Å². The molecule has 16 heavy (non-hydrogen) atoms. The van der Waals surface area contributed by atoms with Crippen LogP contribution in [-0.2, 0) is 0 Å². The van der Waals surface area contributed by atoms with Crippen LogP contribution in [0.15, 0.2) is 17.6 Å². The summed E-state index contributed by atoms with van der Waals surface area (Å²) in [5, 5.41) is 0. The van der Waals surface area contributed by atoms with Gasteiger partial charge in [-0.1, -0.05) is 53.7 Å². The third kappa shape index (κ3) is 4.96. The molecule has 1 heteroatoms. The minimum Gasteiger partial charge on any atom is -0.290 e. The highest BCUT2D eigenvalue weighted by atomic mass is 14.8. The van der Waals surface area contributed by atoms with Crippen molar-refractivity contribution in [2.24, 2.45) is 22.2 Å². The van der Waals surface area contributed by atoms with Crippen molar-refractivity contribution < 1.29 is 0 Å². The molecule has 0 aliphatic heterocycles. The molecule has 0 spiro atoms. The fraction of sp³-hybridized carbons (Fsp3) is 0.800. The van der Waals surface area contributed by atoms with Crippen LogP contribution in [0.1, 0.15) is 54.4 Å². The Morgan fingerprint density at radius 2 is 1.81 bits per heavy atom. The van der Waals surface area contributed by atoms with Crippen LogP contribution in [0, 0.1) is 17.3 Å². The van der Waals surface area contributed by atoms with Gasteiger partial charge in [0.1, 0.15) is 0 Å². The summed E-state index contributed by atoms with van der Waals surface area (Å²) in [7, 11) is 0. The lowest BCUT2D eigenvalue weighted by molar-refractivity contribution is 0.142. The predicted molar refractivity (Wildman–Crippen MR) is 75.2 cm³/mol. The van der Waals surface area contributed by atoms with Gasteiger partial charge in [-0.05, 0) is 30.6 Å². The lowest BCUT2D eigenvalue weighted by Gasteiger charge is -2.37. The molecule has 0 N–H and O–H groups in total. The van der Waals surface area contributed by atoms with Crippen molar-refractivity contribution >= 4 is 6.21 Å². The smallest absolute Gasteiger partial charge is 0.0476 e. The predicted octanol–water partition coefficient (Wildman–Crippen LogP) is 4.73. The third-order valence-corrected chi connectivity index (χ3v) is 4.00. The van der Waals surface area contributed by atoms with Crippen LogP contribution in [0.2, 0.25) is 0 Å². The van der Waals surface area contributed by atoms with Crippen LogP contribution in [0.3, 0.4) is 0 Å². The van der Waals surface area contributed by atoms with E-state index >= 15 is 0 Å². The molecule has 0 heterocycles. The summed E-state index contributed by atoms with van der Waals surface area (Å²) in [4.78, 5) is 4.45. The van der Waals surface area contributed by atoms with Gasteiger partial charge in [0.25, 0.3) is 0 Å². The molecule has 0 saturated carbocycles. The molecule has 0 aromatic heterocycles. The van der Waals surface area contributed by atoms with E-state index in [1.54, 1.807) is 6.08 Å². The zero-order valence-corrected chi connectivity index (χ0v) is 12.0. The number of allylic oxidation sites excluding steroid dienone is 1. The number of hydrogen-bond acceptors (Lipinski definition) is 1. The van der Waals surface area contributed by atoms with Gasteiger partial charge in [-0.3, -0.25) is 4.99 Å². The molecule has 0 fully saturated rings. The zero-order chi connectivity index (χ0) is 12.8. The van der Waals surface area contributed by atoms with Gasteiger partial charge < -0.3 is 0 Å². The molecule has 0 bridgehead atoms. The molecule has 0 aliphatic carbocycles. The first-order valence-electron chi connectivity index (χ1n) is 6.49. The average molecular weight is 223 g/mol. The molecule has 0 rings (SSSR count). The molecule has 0 amide bonds. The van der Waals surface area contributed by atoms with E-state index in [-0.39, 0.29) is 0 Å². The fourth-order valence-electron chi connectivity index (χ4n) is 2.33. The first kappa shape index (κ1) is 15.4. The summed E-state index contributed by atoms with van der Waals surface area (Å²) < 4.78 is 0. The quantitative estimate of drug-likeness (QED) is 0.553. The van der Waals surface area contributed by atoms with E-state index in [0.717, 1.165) is 18.3 Å². The monoisotopic (exact) mass is 223 g/mol. The van der Waals surface area contributed by atoms with Crippen molar-refractivity contribution in [1.82, 2.24) is 0 Å². The lowest BCUT2D eigenvalue weighted by Crippen LogP contribution is -2.29. The van der Waals surface area contributed by atoms with Gasteiger partial charge in [-0.15, -0.1) is 0 Å². The summed E-state index contributed by atoms with van der Waals surface area (Å²) in [5.41, 5.74) is 0.355. The Hall–Kier alpha value is -0.590. The maximum Gasteiger partial charge on any atom is 0.0476 e.